The number of hydrogen-bond acceptors (Lipinski definition) is 7. The minimum absolute atomic E-state index is 0.0234. The maximum atomic E-state index is 12.3. The van der Waals surface area contributed by atoms with E-state index in [2.05, 4.69) is 20.2 Å². The third-order valence-electron chi connectivity index (χ3n) is 5.31. The monoisotopic (exact) mass is 431 g/mol. The van der Waals surface area contributed by atoms with Crippen molar-refractivity contribution in [2.24, 2.45) is 5.92 Å². The molecule has 2 aliphatic rings. The third kappa shape index (κ3) is 4.83. The Morgan fingerprint density at radius 3 is 2.83 bits per heavy atom. The number of carbonyl (C=O) groups is 1. The Morgan fingerprint density at radius 2 is 2.10 bits per heavy atom. The van der Waals surface area contributed by atoms with Gasteiger partial charge in [-0.1, -0.05) is 11.6 Å². The van der Waals surface area contributed by atoms with Gasteiger partial charge in [0.15, 0.2) is 0 Å². The summed E-state index contributed by atoms with van der Waals surface area (Å²) in [6.07, 6.45) is 1.31. The summed E-state index contributed by atoms with van der Waals surface area (Å²) in [4.78, 5) is 23.1. The summed E-state index contributed by atoms with van der Waals surface area (Å²) in [6.45, 7) is 5.05. The van der Waals surface area contributed by atoms with Crippen LogP contribution in [0.5, 0.6) is 0 Å². The summed E-state index contributed by atoms with van der Waals surface area (Å²) in [5.74, 6) is 1.26. The third-order valence-corrected chi connectivity index (χ3v) is 5.66. The molecule has 2 saturated heterocycles. The first kappa shape index (κ1) is 20.8. The molecular formula is C21H26ClN5O3. The highest BCUT2D eigenvalue weighted by molar-refractivity contribution is 6.31. The molecule has 160 valence electrons. The molecule has 1 aromatic carbocycles. The highest BCUT2D eigenvalue weighted by atomic mass is 35.5. The molecule has 1 amide bonds. The number of nitrogen functional groups attached to an aromatic ring is 1. The second kappa shape index (κ2) is 9.16. The van der Waals surface area contributed by atoms with Crippen molar-refractivity contribution in [1.82, 2.24) is 9.97 Å². The Morgan fingerprint density at radius 1 is 1.27 bits per heavy atom. The molecule has 9 heteroatoms. The molecule has 2 aliphatic heterocycles. The molecule has 0 aliphatic carbocycles. The lowest BCUT2D eigenvalue weighted by Gasteiger charge is -2.31. The minimum atomic E-state index is -0.161. The normalized spacial score (nSPS) is 19.8. The lowest BCUT2D eigenvalue weighted by molar-refractivity contribution is -0.121. The highest BCUT2D eigenvalue weighted by Gasteiger charge is 2.28. The Kier molecular flexibility index (Phi) is 6.36. The van der Waals surface area contributed by atoms with Crippen LogP contribution in [0.4, 0.5) is 17.5 Å². The average Bonchev–Trinajstić information content (AvgIpc) is 2.91. The van der Waals surface area contributed by atoms with E-state index in [9.17, 15) is 4.79 Å². The Labute approximate surface area is 180 Å². The van der Waals surface area contributed by atoms with E-state index < -0.39 is 0 Å². The van der Waals surface area contributed by atoms with Gasteiger partial charge in [0.05, 0.1) is 25.9 Å². The number of nitrogens with two attached hydrogens (primary N) is 1. The van der Waals surface area contributed by atoms with Gasteiger partial charge in [-0.3, -0.25) is 4.79 Å². The number of anilines is 3. The maximum absolute atomic E-state index is 12.3. The molecule has 0 spiro atoms. The molecule has 30 heavy (non-hydrogen) atoms. The van der Waals surface area contributed by atoms with Crippen LogP contribution in [0.25, 0.3) is 0 Å². The molecule has 1 aromatic heterocycles. The number of nitrogens with zero attached hydrogens (tertiary/aromatic N) is 3. The fourth-order valence-corrected chi connectivity index (χ4v) is 4.03. The van der Waals surface area contributed by atoms with E-state index in [-0.39, 0.29) is 17.9 Å². The van der Waals surface area contributed by atoms with Gasteiger partial charge in [-0.2, -0.15) is 4.98 Å². The fraction of sp³-hybridized carbons (Fsp3) is 0.476. The number of hydrogen-bond donors (Lipinski definition) is 2. The highest BCUT2D eigenvalue weighted by Crippen LogP contribution is 2.34. The van der Waals surface area contributed by atoms with E-state index in [1.807, 2.05) is 31.2 Å². The van der Waals surface area contributed by atoms with Gasteiger partial charge in [-0.25, -0.2) is 4.98 Å². The Bertz CT molecular complexity index is 901. The van der Waals surface area contributed by atoms with Crippen LogP contribution in [-0.4, -0.2) is 48.8 Å². The molecule has 8 nitrogen and oxygen atoms in total. The first-order chi connectivity index (χ1) is 14.5. The van der Waals surface area contributed by atoms with Crippen molar-refractivity contribution in [3.05, 3.63) is 40.5 Å². The maximum Gasteiger partial charge on any atom is 0.224 e. The quantitative estimate of drug-likeness (QED) is 0.750. The molecule has 1 atom stereocenters. The molecule has 1 unspecified atom stereocenters. The predicted octanol–water partition coefficient (Wildman–Crippen LogP) is 2.96. The standard InChI is InChI=1S/C21H26ClN5O3/c1-13-7-19(26-21(23)24-13)27-5-2-6-29-12-18(27)16-9-15(3-4-17(16)22)25-20(28)8-14-10-30-11-14/h3-4,7,9,14,18H,2,5-6,8,10-12H2,1H3,(H,25,28)(H2,23,24,26). The van der Waals surface area contributed by atoms with Crippen molar-refractivity contribution in [3.63, 3.8) is 0 Å². The fourth-order valence-electron chi connectivity index (χ4n) is 3.78. The van der Waals surface area contributed by atoms with Gasteiger partial charge in [-0.05, 0) is 37.1 Å². The molecule has 4 rings (SSSR count). The molecule has 0 bridgehead atoms. The van der Waals surface area contributed by atoms with Crippen LogP contribution in [0.2, 0.25) is 5.02 Å². The van der Waals surface area contributed by atoms with Crippen molar-refractivity contribution in [3.8, 4) is 0 Å². The SMILES string of the molecule is Cc1cc(N2CCCOCC2c2cc(NC(=O)CC3COC3)ccc2Cl)nc(N)n1. The molecule has 2 fully saturated rings. The van der Waals surface area contributed by atoms with Gasteiger partial charge in [0.2, 0.25) is 11.9 Å². The molecule has 0 radical (unpaired) electrons. The van der Waals surface area contributed by atoms with Crippen molar-refractivity contribution >= 4 is 35.0 Å². The number of benzene rings is 1. The van der Waals surface area contributed by atoms with Gasteiger partial charge in [0, 0.05) is 48.0 Å². The lowest BCUT2D eigenvalue weighted by Crippen LogP contribution is -2.32. The first-order valence-electron chi connectivity index (χ1n) is 10.1. The molecule has 0 saturated carbocycles. The van der Waals surface area contributed by atoms with E-state index in [1.165, 1.54) is 0 Å². The van der Waals surface area contributed by atoms with E-state index in [0.717, 1.165) is 30.0 Å². The number of amides is 1. The van der Waals surface area contributed by atoms with Crippen LogP contribution in [0, 0.1) is 12.8 Å². The van der Waals surface area contributed by atoms with Crippen molar-refractivity contribution < 1.29 is 14.3 Å². The molecule has 3 N–H and O–H groups in total. The number of nitrogens with one attached hydrogen (secondary N) is 1. The summed E-state index contributed by atoms with van der Waals surface area (Å²) in [6, 6.07) is 7.29. The van der Waals surface area contributed by atoms with Gasteiger partial charge in [-0.15, -0.1) is 0 Å². The van der Waals surface area contributed by atoms with Crippen LogP contribution < -0.4 is 16.0 Å². The second-order valence-electron chi connectivity index (χ2n) is 7.76. The van der Waals surface area contributed by atoms with Crippen LogP contribution >= 0.6 is 11.6 Å². The molecule has 2 aromatic rings. The van der Waals surface area contributed by atoms with Crippen molar-refractivity contribution in [2.45, 2.75) is 25.8 Å². The molecular weight excluding hydrogens is 406 g/mol. The van der Waals surface area contributed by atoms with Gasteiger partial charge < -0.3 is 25.4 Å². The summed E-state index contributed by atoms with van der Waals surface area (Å²) < 4.78 is 11.0. The smallest absolute Gasteiger partial charge is 0.224 e. The summed E-state index contributed by atoms with van der Waals surface area (Å²) >= 11 is 6.58. The summed E-state index contributed by atoms with van der Waals surface area (Å²) in [5.41, 5.74) is 8.27. The Hall–Kier alpha value is -2.42. The van der Waals surface area contributed by atoms with E-state index in [0.29, 0.717) is 49.5 Å². The van der Waals surface area contributed by atoms with E-state index in [1.54, 1.807) is 0 Å². The molecule has 3 heterocycles. The zero-order chi connectivity index (χ0) is 21.1. The minimum Gasteiger partial charge on any atom is -0.381 e. The van der Waals surface area contributed by atoms with Crippen LogP contribution in [0.15, 0.2) is 24.3 Å². The average molecular weight is 432 g/mol. The number of ether oxygens (including phenoxy) is 2. The van der Waals surface area contributed by atoms with Crippen LogP contribution in [0.1, 0.15) is 30.1 Å². The van der Waals surface area contributed by atoms with Gasteiger partial charge in [0.25, 0.3) is 0 Å². The number of rotatable bonds is 5. The number of aromatic nitrogens is 2. The second-order valence-corrected chi connectivity index (χ2v) is 8.16. The number of aryl methyl sites for hydroxylation is 1. The summed E-state index contributed by atoms with van der Waals surface area (Å²) in [5, 5.41) is 3.59. The van der Waals surface area contributed by atoms with Gasteiger partial charge >= 0.3 is 0 Å². The zero-order valence-corrected chi connectivity index (χ0v) is 17.7. The first-order valence-corrected chi connectivity index (χ1v) is 10.5. The van der Waals surface area contributed by atoms with Crippen molar-refractivity contribution in [1.29, 1.82) is 0 Å². The topological polar surface area (TPSA) is 103 Å². The predicted molar refractivity (Wildman–Crippen MR) is 116 cm³/mol. The van der Waals surface area contributed by atoms with Crippen LogP contribution in [0.3, 0.4) is 0 Å². The van der Waals surface area contributed by atoms with E-state index >= 15 is 0 Å². The van der Waals surface area contributed by atoms with E-state index in [4.69, 9.17) is 26.8 Å². The lowest BCUT2D eigenvalue weighted by atomic mass is 10.0. The van der Waals surface area contributed by atoms with Crippen LogP contribution in [-0.2, 0) is 14.3 Å². The number of halogens is 1. The Balaban J connectivity index is 1.61. The van der Waals surface area contributed by atoms with Crippen molar-refractivity contribution in [2.75, 3.05) is 48.9 Å². The largest absolute Gasteiger partial charge is 0.381 e. The van der Waals surface area contributed by atoms with Gasteiger partial charge in [0.1, 0.15) is 5.82 Å². The zero-order valence-electron chi connectivity index (χ0n) is 16.9. The summed E-state index contributed by atoms with van der Waals surface area (Å²) in [7, 11) is 0. The number of carbonyl (C=O) groups excluding carboxylic acids is 1.